The zero-order valence-electron chi connectivity index (χ0n) is 7.79. The van der Waals surface area contributed by atoms with E-state index in [2.05, 4.69) is 6.58 Å². The molecule has 0 aromatic rings. The Morgan fingerprint density at radius 3 is 3.00 bits per heavy atom. The van der Waals surface area contributed by atoms with E-state index in [1.807, 2.05) is 4.90 Å². The maximum absolute atomic E-state index is 11.3. The van der Waals surface area contributed by atoms with Gasteiger partial charge in [0.1, 0.15) is 0 Å². The summed E-state index contributed by atoms with van der Waals surface area (Å²) in [6, 6.07) is 0. The van der Waals surface area contributed by atoms with Gasteiger partial charge in [-0.25, -0.2) is 0 Å². The van der Waals surface area contributed by atoms with Crippen molar-refractivity contribution in [3.05, 3.63) is 12.7 Å². The largest absolute Gasteiger partial charge is 0.381 e. The van der Waals surface area contributed by atoms with Crippen molar-refractivity contribution in [3.8, 4) is 0 Å². The third kappa shape index (κ3) is 1.48. The van der Waals surface area contributed by atoms with Crippen LogP contribution in [-0.2, 0) is 9.53 Å². The molecule has 3 nitrogen and oxygen atoms in total. The lowest BCUT2D eigenvalue weighted by Gasteiger charge is -2.20. The first-order chi connectivity index (χ1) is 6.26. The molecule has 0 N–H and O–H groups in total. The number of nitrogens with zero attached hydrogens (tertiary/aromatic N) is 1. The number of hydrogen-bond donors (Lipinski definition) is 0. The standard InChI is InChI=1S/C10H15NO2/c1-2-9(12)11-5-3-10(7-11)4-6-13-8-10/h2H,1,3-8H2/t10-/m0/s1. The molecule has 0 radical (unpaired) electrons. The third-order valence-electron chi connectivity index (χ3n) is 3.11. The molecule has 2 aliphatic heterocycles. The molecule has 2 heterocycles. The van der Waals surface area contributed by atoms with E-state index in [-0.39, 0.29) is 11.3 Å². The van der Waals surface area contributed by atoms with Crippen molar-refractivity contribution in [2.75, 3.05) is 26.3 Å². The predicted molar refractivity (Wildman–Crippen MR) is 49.3 cm³/mol. The molecule has 1 amide bonds. The van der Waals surface area contributed by atoms with Gasteiger partial charge in [0.25, 0.3) is 0 Å². The van der Waals surface area contributed by atoms with E-state index in [1.165, 1.54) is 6.08 Å². The van der Waals surface area contributed by atoms with Crippen LogP contribution in [0.25, 0.3) is 0 Å². The number of likely N-dealkylation sites (tertiary alicyclic amines) is 1. The van der Waals surface area contributed by atoms with Gasteiger partial charge in [-0.15, -0.1) is 0 Å². The number of carbonyl (C=O) groups excluding carboxylic acids is 1. The highest BCUT2D eigenvalue weighted by atomic mass is 16.5. The van der Waals surface area contributed by atoms with Gasteiger partial charge >= 0.3 is 0 Å². The smallest absolute Gasteiger partial charge is 0.245 e. The summed E-state index contributed by atoms with van der Waals surface area (Å²) >= 11 is 0. The van der Waals surface area contributed by atoms with E-state index in [9.17, 15) is 4.79 Å². The molecular formula is C10H15NO2. The lowest BCUT2D eigenvalue weighted by molar-refractivity contribution is -0.125. The van der Waals surface area contributed by atoms with Crippen molar-refractivity contribution in [3.63, 3.8) is 0 Å². The fraction of sp³-hybridized carbons (Fsp3) is 0.700. The van der Waals surface area contributed by atoms with Gasteiger partial charge in [-0.3, -0.25) is 4.79 Å². The monoisotopic (exact) mass is 181 g/mol. The van der Waals surface area contributed by atoms with Crippen LogP contribution in [0, 0.1) is 5.41 Å². The van der Waals surface area contributed by atoms with Crippen molar-refractivity contribution < 1.29 is 9.53 Å². The van der Waals surface area contributed by atoms with Crippen LogP contribution in [0.3, 0.4) is 0 Å². The number of rotatable bonds is 1. The first-order valence-electron chi connectivity index (χ1n) is 4.75. The summed E-state index contributed by atoms with van der Waals surface area (Å²) in [5.74, 6) is 0.0591. The molecule has 0 bridgehead atoms. The van der Waals surface area contributed by atoms with Crippen LogP contribution in [-0.4, -0.2) is 37.1 Å². The van der Waals surface area contributed by atoms with E-state index in [1.54, 1.807) is 0 Å². The van der Waals surface area contributed by atoms with Gasteiger partial charge in [0, 0.05) is 25.1 Å². The molecule has 0 unspecified atom stereocenters. The predicted octanol–water partition coefficient (Wildman–Crippen LogP) is 0.811. The number of hydrogen-bond acceptors (Lipinski definition) is 2. The normalized spacial score (nSPS) is 32.8. The Kier molecular flexibility index (Phi) is 2.12. The zero-order valence-corrected chi connectivity index (χ0v) is 7.79. The lowest BCUT2D eigenvalue weighted by atomic mass is 9.87. The van der Waals surface area contributed by atoms with Crippen molar-refractivity contribution >= 4 is 5.91 Å². The number of amides is 1. The highest BCUT2D eigenvalue weighted by Crippen LogP contribution is 2.38. The molecule has 72 valence electrons. The van der Waals surface area contributed by atoms with Crippen LogP contribution in [0.1, 0.15) is 12.8 Å². The Bertz CT molecular complexity index is 231. The molecule has 13 heavy (non-hydrogen) atoms. The summed E-state index contributed by atoms with van der Waals surface area (Å²) in [7, 11) is 0. The molecule has 0 saturated carbocycles. The van der Waals surface area contributed by atoms with Crippen LogP contribution in [0.5, 0.6) is 0 Å². The molecule has 1 spiro atoms. The maximum atomic E-state index is 11.3. The van der Waals surface area contributed by atoms with E-state index in [0.717, 1.165) is 39.1 Å². The van der Waals surface area contributed by atoms with Gasteiger partial charge in [-0.1, -0.05) is 6.58 Å². The van der Waals surface area contributed by atoms with Crippen molar-refractivity contribution in [2.45, 2.75) is 12.8 Å². The number of ether oxygens (including phenoxy) is 1. The fourth-order valence-corrected chi connectivity index (χ4v) is 2.22. The second-order valence-corrected chi connectivity index (χ2v) is 4.02. The minimum absolute atomic E-state index is 0.0591. The maximum Gasteiger partial charge on any atom is 0.245 e. The first kappa shape index (κ1) is 8.75. The zero-order chi connectivity index (χ0) is 9.31. The first-order valence-corrected chi connectivity index (χ1v) is 4.75. The van der Waals surface area contributed by atoms with E-state index in [0.29, 0.717) is 0 Å². The molecule has 0 aromatic heterocycles. The molecule has 0 aliphatic carbocycles. The Morgan fingerprint density at radius 2 is 2.38 bits per heavy atom. The van der Waals surface area contributed by atoms with Crippen LogP contribution in [0.15, 0.2) is 12.7 Å². The van der Waals surface area contributed by atoms with Crippen LogP contribution in [0.2, 0.25) is 0 Å². The Labute approximate surface area is 78.4 Å². The van der Waals surface area contributed by atoms with Crippen LogP contribution >= 0.6 is 0 Å². The van der Waals surface area contributed by atoms with Gasteiger partial charge in [-0.05, 0) is 18.9 Å². The van der Waals surface area contributed by atoms with Crippen molar-refractivity contribution in [2.24, 2.45) is 5.41 Å². The second-order valence-electron chi connectivity index (χ2n) is 4.02. The van der Waals surface area contributed by atoms with Crippen molar-refractivity contribution in [1.29, 1.82) is 0 Å². The highest BCUT2D eigenvalue weighted by molar-refractivity contribution is 5.87. The molecule has 2 rings (SSSR count). The van der Waals surface area contributed by atoms with E-state index in [4.69, 9.17) is 4.74 Å². The molecule has 2 fully saturated rings. The summed E-state index contributed by atoms with van der Waals surface area (Å²) in [6.45, 7) is 6.91. The van der Waals surface area contributed by atoms with Gasteiger partial charge in [0.2, 0.25) is 5.91 Å². The minimum Gasteiger partial charge on any atom is -0.381 e. The highest BCUT2D eigenvalue weighted by Gasteiger charge is 2.42. The van der Waals surface area contributed by atoms with Gasteiger partial charge < -0.3 is 9.64 Å². The van der Waals surface area contributed by atoms with E-state index < -0.39 is 0 Å². The summed E-state index contributed by atoms with van der Waals surface area (Å²) in [4.78, 5) is 13.2. The molecule has 1 atom stereocenters. The Hall–Kier alpha value is -0.830. The summed E-state index contributed by atoms with van der Waals surface area (Å²) in [5.41, 5.74) is 0.276. The Balaban J connectivity index is 2.00. The van der Waals surface area contributed by atoms with Crippen LogP contribution in [0.4, 0.5) is 0 Å². The second kappa shape index (κ2) is 3.14. The Morgan fingerprint density at radius 1 is 1.54 bits per heavy atom. The molecule has 0 aromatic carbocycles. The average Bonchev–Trinajstić information content (AvgIpc) is 2.76. The van der Waals surface area contributed by atoms with Crippen molar-refractivity contribution in [1.82, 2.24) is 4.90 Å². The summed E-state index contributed by atoms with van der Waals surface area (Å²) in [5, 5.41) is 0. The van der Waals surface area contributed by atoms with Gasteiger partial charge in [-0.2, -0.15) is 0 Å². The molecule has 2 saturated heterocycles. The lowest BCUT2D eigenvalue weighted by Crippen LogP contribution is -2.31. The fourth-order valence-electron chi connectivity index (χ4n) is 2.22. The molecule has 2 aliphatic rings. The average molecular weight is 181 g/mol. The van der Waals surface area contributed by atoms with Gasteiger partial charge in [0.05, 0.1) is 6.61 Å². The third-order valence-corrected chi connectivity index (χ3v) is 3.11. The quantitative estimate of drug-likeness (QED) is 0.560. The molecule has 3 heteroatoms. The summed E-state index contributed by atoms with van der Waals surface area (Å²) in [6.07, 6.45) is 3.59. The SMILES string of the molecule is C=CC(=O)N1CC[C@]2(CCOC2)C1. The minimum atomic E-state index is 0.0591. The van der Waals surface area contributed by atoms with E-state index >= 15 is 0 Å². The molecular weight excluding hydrogens is 166 g/mol. The van der Waals surface area contributed by atoms with Gasteiger partial charge in [0.15, 0.2) is 0 Å². The topological polar surface area (TPSA) is 29.5 Å². The number of carbonyl (C=O) groups is 1. The summed E-state index contributed by atoms with van der Waals surface area (Å²) < 4.78 is 5.38. The van der Waals surface area contributed by atoms with Crippen LogP contribution < -0.4 is 0 Å².